The summed E-state index contributed by atoms with van der Waals surface area (Å²) in [5.41, 5.74) is 3.25. The van der Waals surface area contributed by atoms with Crippen LogP contribution in [0.15, 0.2) is 18.2 Å². The third kappa shape index (κ3) is 3.95. The highest BCUT2D eigenvalue weighted by Crippen LogP contribution is 2.24. The van der Waals surface area contributed by atoms with Crippen molar-refractivity contribution in [3.05, 3.63) is 23.8 Å². The second-order valence-electron chi connectivity index (χ2n) is 5.66. The van der Waals surface area contributed by atoms with E-state index < -0.39 is 6.10 Å². The second-order valence-corrected chi connectivity index (χ2v) is 5.66. The summed E-state index contributed by atoms with van der Waals surface area (Å²) < 4.78 is 5.02. The highest BCUT2D eigenvalue weighted by Gasteiger charge is 2.17. The molecule has 0 aliphatic carbocycles. The van der Waals surface area contributed by atoms with Crippen LogP contribution in [0.4, 0.5) is 11.4 Å². The third-order valence-corrected chi connectivity index (χ3v) is 4.03. The number of hydrogen-bond donors (Lipinski definition) is 1. The predicted molar refractivity (Wildman–Crippen MR) is 86.0 cm³/mol. The fourth-order valence-electron chi connectivity index (χ4n) is 2.49. The fraction of sp³-hybridized carbons (Fsp3) is 0.562. The third-order valence-electron chi connectivity index (χ3n) is 4.03. The topological polar surface area (TPSA) is 44.8 Å². The molecule has 1 amide bonds. The largest absolute Gasteiger partial charge is 0.372 e. The van der Waals surface area contributed by atoms with Gasteiger partial charge in [0.15, 0.2) is 0 Å². The van der Waals surface area contributed by atoms with Crippen molar-refractivity contribution < 1.29 is 9.53 Å². The Labute approximate surface area is 126 Å². The Bertz CT molecular complexity index is 496. The number of anilines is 2. The summed E-state index contributed by atoms with van der Waals surface area (Å²) in [4.78, 5) is 16.6. The summed E-state index contributed by atoms with van der Waals surface area (Å²) in [6.45, 7) is 8.09. The van der Waals surface area contributed by atoms with Gasteiger partial charge in [0.2, 0.25) is 0 Å². The number of benzene rings is 1. The van der Waals surface area contributed by atoms with Crippen molar-refractivity contribution in [2.24, 2.45) is 0 Å². The van der Waals surface area contributed by atoms with Gasteiger partial charge in [-0.15, -0.1) is 0 Å². The van der Waals surface area contributed by atoms with E-state index >= 15 is 0 Å². The van der Waals surface area contributed by atoms with E-state index in [1.54, 1.807) is 6.92 Å². The Morgan fingerprint density at radius 1 is 1.29 bits per heavy atom. The van der Waals surface area contributed by atoms with Gasteiger partial charge in [-0.3, -0.25) is 4.79 Å². The van der Waals surface area contributed by atoms with Gasteiger partial charge in [-0.2, -0.15) is 0 Å². The summed E-state index contributed by atoms with van der Waals surface area (Å²) in [7, 11) is 3.69. The number of methoxy groups -OCH3 is 1. The van der Waals surface area contributed by atoms with Gasteiger partial charge in [0.1, 0.15) is 6.10 Å². The zero-order valence-corrected chi connectivity index (χ0v) is 13.3. The summed E-state index contributed by atoms with van der Waals surface area (Å²) in [6.07, 6.45) is -0.442. The quantitative estimate of drug-likeness (QED) is 0.917. The molecule has 116 valence electrons. The van der Waals surface area contributed by atoms with Crippen LogP contribution in [0.25, 0.3) is 0 Å². The molecule has 0 aromatic heterocycles. The number of rotatable bonds is 4. The lowest BCUT2D eigenvalue weighted by molar-refractivity contribution is -0.124. The van der Waals surface area contributed by atoms with Crippen molar-refractivity contribution in [2.75, 3.05) is 50.6 Å². The summed E-state index contributed by atoms with van der Waals surface area (Å²) in [6, 6.07) is 6.07. The molecule has 0 spiro atoms. The molecule has 1 heterocycles. The number of hydrogen-bond acceptors (Lipinski definition) is 4. The van der Waals surface area contributed by atoms with E-state index in [-0.39, 0.29) is 5.91 Å². The van der Waals surface area contributed by atoms with Gasteiger partial charge in [0, 0.05) is 44.7 Å². The Balaban J connectivity index is 2.05. The van der Waals surface area contributed by atoms with Crippen molar-refractivity contribution in [2.45, 2.75) is 20.0 Å². The highest BCUT2D eigenvalue weighted by atomic mass is 16.5. The van der Waals surface area contributed by atoms with E-state index in [0.717, 1.165) is 31.9 Å². The Morgan fingerprint density at radius 2 is 1.95 bits per heavy atom. The Morgan fingerprint density at radius 3 is 2.52 bits per heavy atom. The molecule has 1 unspecified atom stereocenters. The molecule has 0 radical (unpaired) electrons. The molecular weight excluding hydrogens is 266 g/mol. The molecule has 1 N–H and O–H groups in total. The van der Waals surface area contributed by atoms with Crippen LogP contribution in [0.3, 0.4) is 0 Å². The highest BCUT2D eigenvalue weighted by molar-refractivity contribution is 5.94. The van der Waals surface area contributed by atoms with Crippen molar-refractivity contribution in [1.29, 1.82) is 0 Å². The van der Waals surface area contributed by atoms with Crippen LogP contribution in [0.5, 0.6) is 0 Å². The van der Waals surface area contributed by atoms with Crippen LogP contribution in [-0.4, -0.2) is 57.2 Å². The fourth-order valence-corrected chi connectivity index (χ4v) is 2.49. The monoisotopic (exact) mass is 291 g/mol. The molecule has 1 fully saturated rings. The minimum absolute atomic E-state index is 0.121. The molecule has 21 heavy (non-hydrogen) atoms. The van der Waals surface area contributed by atoms with E-state index in [1.807, 2.05) is 12.1 Å². The molecular formula is C16H25N3O2. The van der Waals surface area contributed by atoms with Crippen molar-refractivity contribution in [1.82, 2.24) is 4.90 Å². The zero-order valence-electron chi connectivity index (χ0n) is 13.3. The Hall–Kier alpha value is -1.59. The van der Waals surface area contributed by atoms with E-state index in [2.05, 4.69) is 35.2 Å². The molecule has 1 aromatic rings. The van der Waals surface area contributed by atoms with E-state index in [4.69, 9.17) is 4.74 Å². The minimum atomic E-state index is -0.442. The normalized spacial score (nSPS) is 17.6. The summed E-state index contributed by atoms with van der Waals surface area (Å²) in [5, 5.41) is 2.88. The maximum Gasteiger partial charge on any atom is 0.253 e. The van der Waals surface area contributed by atoms with Gasteiger partial charge < -0.3 is 19.9 Å². The standard InChI is InChI=1S/C16H25N3O2/c1-12-11-14(17-16(20)13(2)21-4)5-6-15(12)19-9-7-18(3)8-10-19/h5-6,11,13H,7-10H2,1-4H3,(H,17,20). The summed E-state index contributed by atoms with van der Waals surface area (Å²) in [5.74, 6) is -0.121. The van der Waals surface area contributed by atoms with E-state index in [0.29, 0.717) is 0 Å². The first-order valence-corrected chi connectivity index (χ1v) is 7.39. The summed E-state index contributed by atoms with van der Waals surface area (Å²) >= 11 is 0. The smallest absolute Gasteiger partial charge is 0.253 e. The SMILES string of the molecule is COC(C)C(=O)Nc1ccc(N2CCN(C)CC2)c(C)c1. The van der Waals surface area contributed by atoms with Crippen LogP contribution in [0.2, 0.25) is 0 Å². The molecule has 1 aliphatic rings. The second kappa shape index (κ2) is 6.91. The van der Waals surface area contributed by atoms with E-state index in [9.17, 15) is 4.79 Å². The number of carbonyl (C=O) groups is 1. The molecule has 1 aromatic carbocycles. The number of nitrogens with one attached hydrogen (secondary N) is 1. The van der Waals surface area contributed by atoms with Gasteiger partial charge in [-0.1, -0.05) is 0 Å². The van der Waals surface area contributed by atoms with Crippen molar-refractivity contribution in [3.63, 3.8) is 0 Å². The van der Waals surface area contributed by atoms with Crippen molar-refractivity contribution in [3.8, 4) is 0 Å². The zero-order chi connectivity index (χ0) is 15.4. The van der Waals surface area contributed by atoms with Crippen LogP contribution in [0.1, 0.15) is 12.5 Å². The lowest BCUT2D eigenvalue weighted by Gasteiger charge is -2.35. The molecule has 0 bridgehead atoms. The first kappa shape index (κ1) is 15.8. The van der Waals surface area contributed by atoms with Gasteiger partial charge in [-0.05, 0) is 44.7 Å². The molecule has 1 aliphatic heterocycles. The Kier molecular flexibility index (Phi) is 5.20. The average molecular weight is 291 g/mol. The van der Waals surface area contributed by atoms with Crippen LogP contribution < -0.4 is 10.2 Å². The van der Waals surface area contributed by atoms with Gasteiger partial charge >= 0.3 is 0 Å². The number of carbonyl (C=O) groups excluding carboxylic acids is 1. The van der Waals surface area contributed by atoms with Gasteiger partial charge in [0.25, 0.3) is 5.91 Å². The number of aryl methyl sites for hydroxylation is 1. The van der Waals surface area contributed by atoms with Crippen LogP contribution >= 0.6 is 0 Å². The van der Waals surface area contributed by atoms with Crippen LogP contribution in [-0.2, 0) is 9.53 Å². The molecule has 0 saturated carbocycles. The van der Waals surface area contributed by atoms with Crippen molar-refractivity contribution >= 4 is 17.3 Å². The maximum atomic E-state index is 11.8. The molecule has 5 nitrogen and oxygen atoms in total. The maximum absolute atomic E-state index is 11.8. The number of nitrogens with zero attached hydrogens (tertiary/aromatic N) is 2. The molecule has 2 rings (SSSR count). The number of amides is 1. The molecule has 5 heteroatoms. The predicted octanol–water partition coefficient (Wildman–Crippen LogP) is 1.72. The van der Waals surface area contributed by atoms with Crippen LogP contribution in [0, 0.1) is 6.92 Å². The number of piperazine rings is 1. The number of ether oxygens (including phenoxy) is 1. The number of likely N-dealkylation sites (N-methyl/N-ethyl adjacent to an activating group) is 1. The first-order chi connectivity index (χ1) is 10.0. The van der Waals surface area contributed by atoms with E-state index in [1.165, 1.54) is 18.4 Å². The molecule has 1 atom stereocenters. The first-order valence-electron chi connectivity index (χ1n) is 7.39. The van der Waals surface area contributed by atoms with Gasteiger partial charge in [-0.25, -0.2) is 0 Å². The lowest BCUT2D eigenvalue weighted by atomic mass is 10.1. The average Bonchev–Trinajstić information content (AvgIpc) is 2.47. The minimum Gasteiger partial charge on any atom is -0.372 e. The van der Waals surface area contributed by atoms with Gasteiger partial charge in [0.05, 0.1) is 0 Å². The molecule has 1 saturated heterocycles. The lowest BCUT2D eigenvalue weighted by Crippen LogP contribution is -2.44.